The van der Waals surface area contributed by atoms with Crippen molar-refractivity contribution in [1.82, 2.24) is 10.3 Å². The van der Waals surface area contributed by atoms with E-state index < -0.39 is 0 Å². The summed E-state index contributed by atoms with van der Waals surface area (Å²) in [6.07, 6.45) is 9.75. The number of hydrogen-bond acceptors (Lipinski definition) is 3. The number of likely N-dealkylation sites (tertiary alicyclic amines) is 1. The molecule has 0 aromatic rings. The summed E-state index contributed by atoms with van der Waals surface area (Å²) in [5.74, 6) is 0.426. The van der Waals surface area contributed by atoms with E-state index in [4.69, 9.17) is 0 Å². The number of carbonyl (C=O) groups excluding carboxylic acids is 2. The number of nitrogens with one attached hydrogen (secondary N) is 1. The fourth-order valence-corrected chi connectivity index (χ4v) is 3.18. The van der Waals surface area contributed by atoms with E-state index in [9.17, 15) is 9.59 Å². The smallest absolute Gasteiger partial charge is 0.259 e. The van der Waals surface area contributed by atoms with Gasteiger partial charge in [-0.1, -0.05) is 25.7 Å². The van der Waals surface area contributed by atoms with Gasteiger partial charge >= 0.3 is 0 Å². The van der Waals surface area contributed by atoms with Gasteiger partial charge in [0.1, 0.15) is 6.54 Å². The summed E-state index contributed by atoms with van der Waals surface area (Å²) in [5.41, 5.74) is 3.64. The topological polar surface area (TPSA) is 61.8 Å². The van der Waals surface area contributed by atoms with Gasteiger partial charge in [-0.25, -0.2) is 5.43 Å². The minimum Gasteiger partial charge on any atom is -0.333 e. The SMILES string of the molecule is C/C(=N\NC(=O)CN1CCCCCC1=O)C1CCCCC1. The van der Waals surface area contributed by atoms with Crippen LogP contribution in [-0.2, 0) is 9.59 Å². The van der Waals surface area contributed by atoms with Gasteiger partial charge in [-0.3, -0.25) is 9.59 Å². The van der Waals surface area contributed by atoms with Gasteiger partial charge in [0.25, 0.3) is 5.91 Å². The Morgan fingerprint density at radius 3 is 2.67 bits per heavy atom. The predicted octanol–water partition coefficient (Wildman–Crippen LogP) is 2.46. The molecule has 1 aliphatic heterocycles. The molecule has 118 valence electrons. The second kappa shape index (κ2) is 8.15. The first-order valence-corrected chi connectivity index (χ1v) is 8.27. The van der Waals surface area contributed by atoms with Crippen LogP contribution >= 0.6 is 0 Å². The van der Waals surface area contributed by atoms with Crippen LogP contribution in [0.15, 0.2) is 5.10 Å². The van der Waals surface area contributed by atoms with Crippen LogP contribution in [0, 0.1) is 5.92 Å². The van der Waals surface area contributed by atoms with Crippen LogP contribution in [0.3, 0.4) is 0 Å². The number of hydrazone groups is 1. The molecule has 0 aromatic carbocycles. The highest BCUT2D eigenvalue weighted by Gasteiger charge is 2.20. The van der Waals surface area contributed by atoms with E-state index in [1.807, 2.05) is 6.92 Å². The first kappa shape index (κ1) is 16.0. The average Bonchev–Trinajstić information content (AvgIpc) is 2.71. The quantitative estimate of drug-likeness (QED) is 0.639. The van der Waals surface area contributed by atoms with Gasteiger partial charge in [0.2, 0.25) is 5.91 Å². The molecule has 5 nitrogen and oxygen atoms in total. The van der Waals surface area contributed by atoms with Crippen molar-refractivity contribution in [3.63, 3.8) is 0 Å². The Morgan fingerprint density at radius 1 is 1.19 bits per heavy atom. The third-order valence-electron chi connectivity index (χ3n) is 4.56. The Labute approximate surface area is 127 Å². The van der Waals surface area contributed by atoms with E-state index >= 15 is 0 Å². The summed E-state index contributed by atoms with van der Waals surface area (Å²) < 4.78 is 0. The van der Waals surface area contributed by atoms with E-state index in [1.54, 1.807) is 4.90 Å². The van der Waals surface area contributed by atoms with E-state index in [1.165, 1.54) is 32.1 Å². The highest BCUT2D eigenvalue weighted by atomic mass is 16.2. The van der Waals surface area contributed by atoms with Gasteiger partial charge in [-0.05, 0) is 38.5 Å². The molecular formula is C16H27N3O2. The van der Waals surface area contributed by atoms with Crippen molar-refractivity contribution in [2.24, 2.45) is 11.0 Å². The Hall–Kier alpha value is -1.39. The van der Waals surface area contributed by atoms with Gasteiger partial charge in [-0.15, -0.1) is 0 Å². The van der Waals surface area contributed by atoms with Gasteiger partial charge in [0, 0.05) is 18.7 Å². The molecule has 0 bridgehead atoms. The summed E-state index contributed by atoms with van der Waals surface area (Å²) in [6, 6.07) is 0. The molecule has 5 heteroatoms. The van der Waals surface area contributed by atoms with Crippen molar-refractivity contribution < 1.29 is 9.59 Å². The zero-order valence-electron chi connectivity index (χ0n) is 13.1. The number of hydrogen-bond donors (Lipinski definition) is 1. The van der Waals surface area contributed by atoms with Gasteiger partial charge in [0.05, 0.1) is 0 Å². The summed E-state index contributed by atoms with van der Waals surface area (Å²) in [7, 11) is 0. The van der Waals surface area contributed by atoms with E-state index in [0.717, 1.165) is 25.0 Å². The second-order valence-electron chi connectivity index (χ2n) is 6.25. The molecule has 0 aromatic heterocycles. The largest absolute Gasteiger partial charge is 0.333 e. The van der Waals surface area contributed by atoms with Crippen LogP contribution in [0.5, 0.6) is 0 Å². The highest BCUT2D eigenvalue weighted by molar-refractivity contribution is 5.88. The molecule has 0 unspecified atom stereocenters. The second-order valence-corrected chi connectivity index (χ2v) is 6.25. The van der Waals surface area contributed by atoms with Crippen molar-refractivity contribution in [2.45, 2.75) is 64.7 Å². The van der Waals surface area contributed by atoms with Crippen LogP contribution in [0.25, 0.3) is 0 Å². The summed E-state index contributed by atoms with van der Waals surface area (Å²) in [6.45, 7) is 2.82. The normalized spacial score (nSPS) is 22.0. The van der Waals surface area contributed by atoms with E-state index in [0.29, 0.717) is 18.9 Å². The maximum atomic E-state index is 11.9. The van der Waals surface area contributed by atoms with E-state index in [2.05, 4.69) is 10.5 Å². The fourth-order valence-electron chi connectivity index (χ4n) is 3.18. The summed E-state index contributed by atoms with van der Waals surface area (Å²) >= 11 is 0. The molecule has 2 aliphatic rings. The van der Waals surface area contributed by atoms with Crippen LogP contribution < -0.4 is 5.43 Å². The minimum absolute atomic E-state index is 0.0932. The lowest BCUT2D eigenvalue weighted by Gasteiger charge is -2.22. The number of nitrogens with zero attached hydrogens (tertiary/aromatic N) is 2. The van der Waals surface area contributed by atoms with Gasteiger partial charge in [0.15, 0.2) is 0 Å². The lowest BCUT2D eigenvalue weighted by atomic mass is 9.86. The summed E-state index contributed by atoms with van der Waals surface area (Å²) in [5, 5.41) is 4.24. The maximum Gasteiger partial charge on any atom is 0.259 e. The first-order chi connectivity index (χ1) is 10.2. The lowest BCUT2D eigenvalue weighted by Crippen LogP contribution is -2.39. The number of carbonyl (C=O) groups is 2. The third-order valence-corrected chi connectivity index (χ3v) is 4.56. The molecule has 21 heavy (non-hydrogen) atoms. The molecule has 1 N–H and O–H groups in total. The molecule has 0 atom stereocenters. The van der Waals surface area contributed by atoms with Crippen molar-refractivity contribution in [3.05, 3.63) is 0 Å². The van der Waals surface area contributed by atoms with Crippen LogP contribution in [0.2, 0.25) is 0 Å². The lowest BCUT2D eigenvalue weighted by molar-refractivity contribution is -0.135. The Morgan fingerprint density at radius 2 is 1.90 bits per heavy atom. The molecular weight excluding hydrogens is 266 g/mol. The van der Waals surface area contributed by atoms with Crippen molar-refractivity contribution in [3.8, 4) is 0 Å². The van der Waals surface area contributed by atoms with Crippen LogP contribution in [0.1, 0.15) is 64.7 Å². The Kier molecular flexibility index (Phi) is 6.21. The highest BCUT2D eigenvalue weighted by Crippen LogP contribution is 2.24. The fraction of sp³-hybridized carbons (Fsp3) is 0.812. The molecule has 1 aliphatic carbocycles. The first-order valence-electron chi connectivity index (χ1n) is 8.27. The molecule has 0 spiro atoms. The number of rotatable bonds is 4. The van der Waals surface area contributed by atoms with Crippen LogP contribution in [-0.4, -0.2) is 35.5 Å². The molecule has 1 heterocycles. The van der Waals surface area contributed by atoms with Crippen molar-refractivity contribution in [1.29, 1.82) is 0 Å². The molecule has 2 amide bonds. The third kappa shape index (κ3) is 5.14. The van der Waals surface area contributed by atoms with Gasteiger partial charge < -0.3 is 4.90 Å². The summed E-state index contributed by atoms with van der Waals surface area (Å²) in [4.78, 5) is 25.5. The Balaban J connectivity index is 1.79. The van der Waals surface area contributed by atoms with E-state index in [-0.39, 0.29) is 18.4 Å². The minimum atomic E-state index is -0.180. The molecule has 2 fully saturated rings. The average molecular weight is 293 g/mol. The van der Waals surface area contributed by atoms with Gasteiger partial charge in [-0.2, -0.15) is 5.10 Å². The van der Waals surface area contributed by atoms with Crippen LogP contribution in [0.4, 0.5) is 0 Å². The molecule has 1 saturated carbocycles. The standard InChI is InChI=1S/C16H27N3O2/c1-13(14-8-4-2-5-9-14)17-18-15(20)12-19-11-7-3-6-10-16(19)21/h14H,2-12H2,1H3,(H,18,20)/b17-13+. The monoisotopic (exact) mass is 293 g/mol. The predicted molar refractivity (Wildman–Crippen MR) is 82.9 cm³/mol. The number of amides is 2. The molecule has 2 rings (SSSR count). The zero-order chi connectivity index (χ0) is 15.1. The molecule has 0 radical (unpaired) electrons. The zero-order valence-corrected chi connectivity index (χ0v) is 13.1. The van der Waals surface area contributed by atoms with Crippen molar-refractivity contribution >= 4 is 17.5 Å². The maximum absolute atomic E-state index is 11.9. The Bertz CT molecular complexity index is 400. The molecule has 1 saturated heterocycles. The van der Waals surface area contributed by atoms with Crippen molar-refractivity contribution in [2.75, 3.05) is 13.1 Å².